The zero-order valence-electron chi connectivity index (χ0n) is 13.5. The van der Waals surface area contributed by atoms with Crippen molar-refractivity contribution in [1.82, 2.24) is 14.6 Å². The third-order valence-electron chi connectivity index (χ3n) is 4.98. The van der Waals surface area contributed by atoms with Gasteiger partial charge in [-0.1, -0.05) is 0 Å². The van der Waals surface area contributed by atoms with Crippen LogP contribution in [-0.2, 0) is 4.79 Å². The maximum Gasteiger partial charge on any atom is 0.271 e. The van der Waals surface area contributed by atoms with Crippen molar-refractivity contribution in [3.63, 3.8) is 0 Å². The fourth-order valence-electron chi connectivity index (χ4n) is 3.75. The molecule has 126 valence electrons. The molecule has 1 atom stereocenters. The van der Waals surface area contributed by atoms with E-state index in [4.69, 9.17) is 0 Å². The first-order valence-corrected chi connectivity index (χ1v) is 9.08. The van der Waals surface area contributed by atoms with Crippen molar-refractivity contribution < 1.29 is 9.59 Å². The number of carbonyl (C=O) groups is 2. The van der Waals surface area contributed by atoms with Crippen molar-refractivity contribution in [3.05, 3.63) is 23.9 Å². The van der Waals surface area contributed by atoms with Gasteiger partial charge in [0.25, 0.3) is 5.91 Å². The quantitative estimate of drug-likeness (QED) is 0.894. The molecule has 3 fully saturated rings. The molecular formula is C17H20N4O2S. The van der Waals surface area contributed by atoms with Crippen LogP contribution in [0, 0.1) is 5.92 Å². The van der Waals surface area contributed by atoms with Crippen molar-refractivity contribution >= 4 is 39.1 Å². The molecule has 3 aliphatic heterocycles. The molecule has 0 radical (unpaired) electrons. The van der Waals surface area contributed by atoms with Gasteiger partial charge < -0.3 is 15.5 Å². The number of hydrogen-bond donors (Lipinski definition) is 2. The van der Waals surface area contributed by atoms with E-state index >= 15 is 0 Å². The minimum atomic E-state index is -0.112. The molecular weight excluding hydrogens is 324 g/mol. The van der Waals surface area contributed by atoms with Gasteiger partial charge in [0.15, 0.2) is 0 Å². The number of piperidine rings is 3. The second-order valence-corrected chi connectivity index (χ2v) is 7.45. The van der Waals surface area contributed by atoms with E-state index in [9.17, 15) is 9.59 Å². The van der Waals surface area contributed by atoms with Gasteiger partial charge in [-0.05, 0) is 61.6 Å². The smallest absolute Gasteiger partial charge is 0.271 e. The summed E-state index contributed by atoms with van der Waals surface area (Å²) < 4.78 is 5.25. The molecule has 0 saturated carbocycles. The summed E-state index contributed by atoms with van der Waals surface area (Å²) in [4.78, 5) is 26.2. The van der Waals surface area contributed by atoms with Crippen LogP contribution in [0.5, 0.6) is 0 Å². The normalized spacial score (nSPS) is 25.6. The van der Waals surface area contributed by atoms with Crippen molar-refractivity contribution in [3.8, 4) is 0 Å². The third-order valence-corrected chi connectivity index (χ3v) is 5.79. The Kier molecular flexibility index (Phi) is 3.97. The standard InChI is InChI=1S/C17H20N4O2S/c1-10(22)18-12-2-3-13-15(8-12)24-20-16(13)17(23)19-14-9-21-6-4-11(14)5-7-21/h2-3,8,11,14H,4-7,9H2,1H3,(H,18,22)(H,19,23)/t14-/m1/s1. The molecule has 24 heavy (non-hydrogen) atoms. The van der Waals surface area contributed by atoms with E-state index in [-0.39, 0.29) is 17.9 Å². The molecule has 6 nitrogen and oxygen atoms in total. The lowest BCUT2D eigenvalue weighted by Gasteiger charge is -2.44. The summed E-state index contributed by atoms with van der Waals surface area (Å²) in [7, 11) is 0. The molecule has 1 aromatic carbocycles. The summed E-state index contributed by atoms with van der Waals surface area (Å²) in [5.74, 6) is 0.390. The summed E-state index contributed by atoms with van der Waals surface area (Å²) in [6.07, 6.45) is 2.34. The zero-order chi connectivity index (χ0) is 16.7. The summed E-state index contributed by atoms with van der Waals surface area (Å²) >= 11 is 1.29. The van der Waals surface area contributed by atoms with Crippen LogP contribution >= 0.6 is 11.5 Å². The minimum absolute atomic E-state index is 0.0905. The largest absolute Gasteiger partial charge is 0.346 e. The molecule has 5 rings (SSSR count). The van der Waals surface area contributed by atoms with E-state index in [2.05, 4.69) is 19.9 Å². The maximum absolute atomic E-state index is 12.7. The first-order chi connectivity index (χ1) is 11.6. The van der Waals surface area contributed by atoms with Crippen LogP contribution in [0.25, 0.3) is 10.1 Å². The number of aromatic nitrogens is 1. The molecule has 3 aliphatic rings. The zero-order valence-corrected chi connectivity index (χ0v) is 14.4. The molecule has 7 heteroatoms. The number of nitrogens with one attached hydrogen (secondary N) is 2. The van der Waals surface area contributed by atoms with Crippen LogP contribution in [0.1, 0.15) is 30.3 Å². The van der Waals surface area contributed by atoms with Gasteiger partial charge in [0.05, 0.1) is 4.70 Å². The lowest BCUT2D eigenvalue weighted by atomic mass is 9.84. The van der Waals surface area contributed by atoms with Crippen molar-refractivity contribution in [2.45, 2.75) is 25.8 Å². The molecule has 4 heterocycles. The van der Waals surface area contributed by atoms with Crippen LogP contribution in [0.4, 0.5) is 5.69 Å². The average molecular weight is 344 g/mol. The summed E-state index contributed by atoms with van der Waals surface area (Å²) in [6, 6.07) is 5.76. The Morgan fingerprint density at radius 1 is 1.29 bits per heavy atom. The van der Waals surface area contributed by atoms with Gasteiger partial charge in [-0.2, -0.15) is 4.37 Å². The Morgan fingerprint density at radius 2 is 2.08 bits per heavy atom. The van der Waals surface area contributed by atoms with Gasteiger partial charge in [0.1, 0.15) is 5.69 Å². The van der Waals surface area contributed by atoms with Crippen molar-refractivity contribution in [2.75, 3.05) is 25.0 Å². The number of fused-ring (bicyclic) bond motifs is 4. The number of amides is 2. The number of anilines is 1. The molecule has 2 amide bonds. The first-order valence-electron chi connectivity index (χ1n) is 8.30. The van der Waals surface area contributed by atoms with Gasteiger partial charge in [-0.3, -0.25) is 9.59 Å². The van der Waals surface area contributed by atoms with E-state index in [0.717, 1.165) is 35.4 Å². The Hall–Kier alpha value is -1.99. The Labute approximate surface area is 144 Å². The predicted molar refractivity (Wildman–Crippen MR) is 94.3 cm³/mol. The van der Waals surface area contributed by atoms with Crippen molar-refractivity contribution in [1.29, 1.82) is 0 Å². The van der Waals surface area contributed by atoms with E-state index < -0.39 is 0 Å². The van der Waals surface area contributed by atoms with Crippen LogP contribution < -0.4 is 10.6 Å². The van der Waals surface area contributed by atoms with E-state index in [1.807, 2.05) is 18.2 Å². The fraction of sp³-hybridized carbons (Fsp3) is 0.471. The topological polar surface area (TPSA) is 74.3 Å². The highest BCUT2D eigenvalue weighted by molar-refractivity contribution is 7.13. The maximum atomic E-state index is 12.7. The molecule has 0 unspecified atom stereocenters. The minimum Gasteiger partial charge on any atom is -0.346 e. The number of hydrogen-bond acceptors (Lipinski definition) is 5. The van der Waals surface area contributed by atoms with Crippen molar-refractivity contribution in [2.24, 2.45) is 5.92 Å². The Balaban J connectivity index is 1.53. The molecule has 2 N–H and O–H groups in total. The molecule has 0 aliphatic carbocycles. The lowest BCUT2D eigenvalue weighted by molar-refractivity contribution is -0.114. The molecule has 2 bridgehead atoms. The second-order valence-electron chi connectivity index (χ2n) is 6.64. The van der Waals surface area contributed by atoms with Crippen LogP contribution in [0.2, 0.25) is 0 Å². The first kappa shape index (κ1) is 15.5. The number of carbonyl (C=O) groups excluding carboxylic acids is 2. The van der Waals surface area contributed by atoms with E-state index in [0.29, 0.717) is 11.6 Å². The predicted octanol–water partition coefficient (Wildman–Crippen LogP) is 2.08. The van der Waals surface area contributed by atoms with Gasteiger partial charge in [-0.25, -0.2) is 0 Å². The molecule has 2 aromatic rings. The third kappa shape index (κ3) is 2.89. The van der Waals surface area contributed by atoms with E-state index in [1.54, 1.807) is 0 Å². The summed E-state index contributed by atoms with van der Waals surface area (Å²) in [5.41, 5.74) is 1.21. The van der Waals surface area contributed by atoms with Gasteiger partial charge in [-0.15, -0.1) is 0 Å². The van der Waals surface area contributed by atoms with E-state index in [1.165, 1.54) is 31.3 Å². The van der Waals surface area contributed by atoms with Crippen LogP contribution in [0.3, 0.4) is 0 Å². The average Bonchev–Trinajstić information content (AvgIpc) is 2.98. The number of benzene rings is 1. The van der Waals surface area contributed by atoms with Gasteiger partial charge in [0.2, 0.25) is 5.91 Å². The Bertz CT molecular complexity index is 795. The van der Waals surface area contributed by atoms with Crippen LogP contribution in [-0.4, -0.2) is 46.8 Å². The fourth-order valence-corrected chi connectivity index (χ4v) is 4.56. The summed E-state index contributed by atoms with van der Waals surface area (Å²) in [6.45, 7) is 4.74. The van der Waals surface area contributed by atoms with Gasteiger partial charge >= 0.3 is 0 Å². The lowest BCUT2D eigenvalue weighted by Crippen LogP contribution is -2.57. The number of nitrogens with zero attached hydrogens (tertiary/aromatic N) is 2. The SMILES string of the molecule is CC(=O)Nc1ccc2c(C(=O)N[C@@H]3CN4CCC3CC4)nsc2c1. The monoisotopic (exact) mass is 344 g/mol. The molecule has 3 saturated heterocycles. The number of rotatable bonds is 3. The highest BCUT2D eigenvalue weighted by Crippen LogP contribution is 2.29. The Morgan fingerprint density at radius 3 is 2.75 bits per heavy atom. The van der Waals surface area contributed by atoms with Gasteiger partial charge in [0, 0.05) is 30.6 Å². The summed E-state index contributed by atoms with van der Waals surface area (Å²) in [5, 5.41) is 6.78. The highest BCUT2D eigenvalue weighted by atomic mass is 32.1. The second kappa shape index (κ2) is 6.14. The highest BCUT2D eigenvalue weighted by Gasteiger charge is 2.35. The molecule has 0 spiro atoms. The molecule has 1 aromatic heterocycles. The van der Waals surface area contributed by atoms with Crippen LogP contribution in [0.15, 0.2) is 18.2 Å².